The van der Waals surface area contributed by atoms with Gasteiger partial charge >= 0.3 is 0 Å². The first-order valence-electron chi connectivity index (χ1n) is 7.29. The van der Waals surface area contributed by atoms with Crippen LogP contribution in [0.4, 0.5) is 0 Å². The Morgan fingerprint density at radius 2 is 1.95 bits per heavy atom. The molecule has 0 rings (SSSR count). The van der Waals surface area contributed by atoms with E-state index in [9.17, 15) is 0 Å². The fourth-order valence-electron chi connectivity index (χ4n) is 1.53. The normalized spacial score (nSPS) is 11.7. The van der Waals surface area contributed by atoms with E-state index in [2.05, 4.69) is 48.3 Å². The van der Waals surface area contributed by atoms with E-state index in [0.29, 0.717) is 5.92 Å². The lowest BCUT2D eigenvalue weighted by atomic mass is 10.2. The van der Waals surface area contributed by atoms with Gasteiger partial charge in [-0.15, -0.1) is 24.0 Å². The topological polar surface area (TPSA) is 48.9 Å². The van der Waals surface area contributed by atoms with Gasteiger partial charge in [0, 0.05) is 33.3 Å². The van der Waals surface area contributed by atoms with Gasteiger partial charge in [0.2, 0.25) is 0 Å². The highest BCUT2D eigenvalue weighted by molar-refractivity contribution is 14.0. The molecule has 0 amide bonds. The number of ether oxygens (including phenoxy) is 1. The smallest absolute Gasteiger partial charge is 0.191 e. The highest BCUT2D eigenvalue weighted by Gasteiger charge is 2.00. The number of hydrogen-bond acceptors (Lipinski definition) is 3. The summed E-state index contributed by atoms with van der Waals surface area (Å²) >= 11 is 0. The molecule has 0 aliphatic heterocycles. The standard InChI is InChI=1S/C14H32N4O.HI/c1-6-15-14(17-12-13(2)3)16-8-7-9-18(4)10-11-19-5;/h13H,6-12H2,1-5H3,(H2,15,16,17);1H. The molecule has 0 atom stereocenters. The lowest BCUT2D eigenvalue weighted by molar-refractivity contribution is 0.161. The van der Waals surface area contributed by atoms with Crippen molar-refractivity contribution >= 4 is 29.9 Å². The number of nitrogens with one attached hydrogen (secondary N) is 2. The predicted octanol–water partition coefficient (Wildman–Crippen LogP) is 1.78. The summed E-state index contributed by atoms with van der Waals surface area (Å²) in [5.74, 6) is 1.52. The average molecular weight is 400 g/mol. The van der Waals surface area contributed by atoms with Crippen LogP contribution >= 0.6 is 24.0 Å². The van der Waals surface area contributed by atoms with Crippen molar-refractivity contribution in [2.75, 3.05) is 53.5 Å². The molecule has 0 aromatic heterocycles. The molecule has 0 saturated carbocycles. The molecule has 0 bridgehead atoms. The Kier molecular flexibility index (Phi) is 17.0. The second-order valence-electron chi connectivity index (χ2n) is 5.19. The number of rotatable bonds is 10. The van der Waals surface area contributed by atoms with E-state index < -0.39 is 0 Å². The van der Waals surface area contributed by atoms with E-state index in [4.69, 9.17) is 4.74 Å². The van der Waals surface area contributed by atoms with Crippen LogP contribution in [0.1, 0.15) is 27.2 Å². The molecule has 5 nitrogen and oxygen atoms in total. The van der Waals surface area contributed by atoms with Crippen molar-refractivity contribution in [2.24, 2.45) is 10.9 Å². The lowest BCUT2D eigenvalue weighted by Gasteiger charge is -2.17. The molecular formula is C14H33IN4O. The molecule has 20 heavy (non-hydrogen) atoms. The number of methoxy groups -OCH3 is 1. The third-order valence-electron chi connectivity index (χ3n) is 2.64. The minimum Gasteiger partial charge on any atom is -0.383 e. The second-order valence-corrected chi connectivity index (χ2v) is 5.19. The van der Waals surface area contributed by atoms with Gasteiger partial charge in [-0.25, -0.2) is 0 Å². The van der Waals surface area contributed by atoms with Crippen molar-refractivity contribution in [3.05, 3.63) is 0 Å². The lowest BCUT2D eigenvalue weighted by Crippen LogP contribution is -2.39. The van der Waals surface area contributed by atoms with E-state index >= 15 is 0 Å². The Hall–Kier alpha value is -0.0800. The van der Waals surface area contributed by atoms with E-state index in [-0.39, 0.29) is 24.0 Å². The monoisotopic (exact) mass is 400 g/mol. The molecule has 0 fully saturated rings. The highest BCUT2D eigenvalue weighted by Crippen LogP contribution is 1.91. The summed E-state index contributed by atoms with van der Waals surface area (Å²) in [7, 11) is 3.86. The summed E-state index contributed by atoms with van der Waals surface area (Å²) in [4.78, 5) is 6.82. The first kappa shape index (κ1) is 22.2. The number of guanidine groups is 1. The molecule has 0 spiro atoms. The zero-order valence-electron chi connectivity index (χ0n) is 13.7. The summed E-state index contributed by atoms with van der Waals surface area (Å²) in [6.45, 7) is 12.0. The van der Waals surface area contributed by atoms with Crippen molar-refractivity contribution in [1.82, 2.24) is 15.5 Å². The Morgan fingerprint density at radius 3 is 2.50 bits per heavy atom. The number of likely N-dealkylation sites (N-methyl/N-ethyl adjacent to an activating group) is 1. The third-order valence-corrected chi connectivity index (χ3v) is 2.64. The van der Waals surface area contributed by atoms with E-state index in [1.165, 1.54) is 0 Å². The zero-order chi connectivity index (χ0) is 14.5. The predicted molar refractivity (Wildman–Crippen MR) is 98.2 cm³/mol. The van der Waals surface area contributed by atoms with Gasteiger partial charge in [-0.3, -0.25) is 4.99 Å². The van der Waals surface area contributed by atoms with Gasteiger partial charge in [-0.05, 0) is 32.9 Å². The summed E-state index contributed by atoms with van der Waals surface area (Å²) in [5.41, 5.74) is 0. The van der Waals surface area contributed by atoms with E-state index in [0.717, 1.165) is 51.7 Å². The quantitative estimate of drug-likeness (QED) is 0.254. The van der Waals surface area contributed by atoms with Crippen LogP contribution in [0.3, 0.4) is 0 Å². The van der Waals surface area contributed by atoms with Crippen LogP contribution in [0.5, 0.6) is 0 Å². The van der Waals surface area contributed by atoms with Crippen LogP contribution in [-0.2, 0) is 4.74 Å². The molecular weight excluding hydrogens is 367 g/mol. The third kappa shape index (κ3) is 14.3. The van der Waals surface area contributed by atoms with Crippen molar-refractivity contribution < 1.29 is 4.74 Å². The molecule has 6 heteroatoms. The van der Waals surface area contributed by atoms with Crippen molar-refractivity contribution in [2.45, 2.75) is 27.2 Å². The van der Waals surface area contributed by atoms with Crippen molar-refractivity contribution in [1.29, 1.82) is 0 Å². The number of halogens is 1. The SMILES string of the molecule is CCNC(=NCC(C)C)NCCCN(C)CCOC.I. The molecule has 0 unspecified atom stereocenters. The van der Waals surface area contributed by atoms with Crippen molar-refractivity contribution in [3.8, 4) is 0 Å². The largest absolute Gasteiger partial charge is 0.383 e. The number of aliphatic imine (C=N–C) groups is 1. The van der Waals surface area contributed by atoms with Crippen molar-refractivity contribution in [3.63, 3.8) is 0 Å². The maximum Gasteiger partial charge on any atom is 0.191 e. The molecule has 0 aromatic carbocycles. The first-order chi connectivity index (χ1) is 9.10. The second kappa shape index (κ2) is 15.3. The molecule has 2 N–H and O–H groups in total. The van der Waals surface area contributed by atoms with Crippen LogP contribution in [0.25, 0.3) is 0 Å². The van der Waals surface area contributed by atoms with Crippen LogP contribution in [0.2, 0.25) is 0 Å². The summed E-state index contributed by atoms with van der Waals surface area (Å²) in [5, 5.41) is 6.63. The molecule has 0 aliphatic rings. The van der Waals surface area contributed by atoms with Gasteiger partial charge in [-0.1, -0.05) is 13.8 Å². The first-order valence-corrected chi connectivity index (χ1v) is 7.29. The number of nitrogens with zero attached hydrogens (tertiary/aromatic N) is 2. The Morgan fingerprint density at radius 1 is 1.25 bits per heavy atom. The van der Waals surface area contributed by atoms with Crippen LogP contribution in [-0.4, -0.2) is 64.3 Å². The maximum absolute atomic E-state index is 5.06. The molecule has 0 saturated heterocycles. The zero-order valence-corrected chi connectivity index (χ0v) is 16.1. The minimum absolute atomic E-state index is 0. The Labute approximate surface area is 141 Å². The van der Waals surface area contributed by atoms with Gasteiger partial charge in [0.05, 0.1) is 6.61 Å². The maximum atomic E-state index is 5.06. The van der Waals surface area contributed by atoms with E-state index in [1.54, 1.807) is 7.11 Å². The van der Waals surface area contributed by atoms with Gasteiger partial charge < -0.3 is 20.3 Å². The number of hydrogen-bond donors (Lipinski definition) is 2. The van der Waals surface area contributed by atoms with Gasteiger partial charge in [0.25, 0.3) is 0 Å². The fraction of sp³-hybridized carbons (Fsp3) is 0.929. The van der Waals surface area contributed by atoms with E-state index in [1.807, 2.05) is 0 Å². The molecule has 0 heterocycles. The summed E-state index contributed by atoms with van der Waals surface area (Å²) in [6.07, 6.45) is 1.10. The van der Waals surface area contributed by atoms with Crippen LogP contribution in [0, 0.1) is 5.92 Å². The molecule has 0 aliphatic carbocycles. The molecule has 0 radical (unpaired) electrons. The van der Waals surface area contributed by atoms with Gasteiger partial charge in [-0.2, -0.15) is 0 Å². The average Bonchev–Trinajstić information content (AvgIpc) is 2.38. The van der Waals surface area contributed by atoms with Gasteiger partial charge in [0.1, 0.15) is 0 Å². The molecule has 122 valence electrons. The Bertz CT molecular complexity index is 237. The summed E-state index contributed by atoms with van der Waals surface area (Å²) in [6, 6.07) is 0. The van der Waals surface area contributed by atoms with Crippen LogP contribution in [0.15, 0.2) is 4.99 Å². The highest BCUT2D eigenvalue weighted by atomic mass is 127. The molecule has 0 aromatic rings. The van der Waals surface area contributed by atoms with Gasteiger partial charge in [0.15, 0.2) is 5.96 Å². The summed E-state index contributed by atoms with van der Waals surface area (Å²) < 4.78 is 5.06. The fourth-order valence-corrected chi connectivity index (χ4v) is 1.53. The Balaban J connectivity index is 0. The minimum atomic E-state index is 0. The van der Waals surface area contributed by atoms with Crippen LogP contribution < -0.4 is 10.6 Å².